The molecule has 0 aliphatic rings. The summed E-state index contributed by atoms with van der Waals surface area (Å²) in [5, 5.41) is 0. The lowest BCUT2D eigenvalue weighted by atomic mass is 10.1. The predicted octanol–water partition coefficient (Wildman–Crippen LogP) is 3.42. The van der Waals surface area contributed by atoms with E-state index in [-0.39, 0.29) is 5.78 Å². The number of hydrogen-bond donors (Lipinski definition) is 0. The molecule has 0 aliphatic heterocycles. The number of imidazole rings is 1. The fourth-order valence-electron chi connectivity index (χ4n) is 1.99. The molecule has 3 heteroatoms. The molecule has 1 aromatic carbocycles. The van der Waals surface area contributed by atoms with E-state index < -0.39 is 0 Å². The zero-order valence-corrected chi connectivity index (χ0v) is 10.9. The average molecular weight is 242 g/mol. The number of hydrogen-bond acceptors (Lipinski definition) is 2. The van der Waals surface area contributed by atoms with E-state index in [1.54, 1.807) is 0 Å². The van der Waals surface area contributed by atoms with E-state index >= 15 is 0 Å². The van der Waals surface area contributed by atoms with Crippen LogP contribution in [-0.2, 0) is 6.42 Å². The van der Waals surface area contributed by atoms with Crippen molar-refractivity contribution < 1.29 is 4.79 Å². The average Bonchev–Trinajstić information content (AvgIpc) is 2.87. The third-order valence-electron chi connectivity index (χ3n) is 2.98. The van der Waals surface area contributed by atoms with Crippen LogP contribution in [0.1, 0.15) is 42.9 Å². The Kier molecular flexibility index (Phi) is 3.92. The fraction of sp³-hybridized carbons (Fsp3) is 0.333. The zero-order valence-electron chi connectivity index (χ0n) is 10.9. The molecule has 1 aromatic heterocycles. The molecule has 0 saturated heterocycles. The molecule has 3 nitrogen and oxygen atoms in total. The Labute approximate surface area is 107 Å². The molecule has 0 saturated carbocycles. The van der Waals surface area contributed by atoms with E-state index in [0.717, 1.165) is 29.9 Å². The van der Waals surface area contributed by atoms with Crippen molar-refractivity contribution >= 4 is 5.78 Å². The molecule has 0 N–H and O–H groups in total. The Bertz CT molecular complexity index is 526. The van der Waals surface area contributed by atoms with E-state index in [4.69, 9.17) is 0 Å². The molecule has 0 aliphatic carbocycles. The van der Waals surface area contributed by atoms with Gasteiger partial charge in [-0.15, -0.1) is 0 Å². The minimum absolute atomic E-state index is 0.181. The summed E-state index contributed by atoms with van der Waals surface area (Å²) in [6, 6.07) is 7.72. The number of aryl methyl sites for hydroxylation is 1. The van der Waals surface area contributed by atoms with Crippen molar-refractivity contribution in [3.63, 3.8) is 0 Å². The van der Waals surface area contributed by atoms with Crippen molar-refractivity contribution in [2.75, 3.05) is 0 Å². The summed E-state index contributed by atoms with van der Waals surface area (Å²) >= 11 is 0. The molecule has 18 heavy (non-hydrogen) atoms. The summed E-state index contributed by atoms with van der Waals surface area (Å²) in [5.74, 6) is 1.24. The monoisotopic (exact) mass is 242 g/mol. The third kappa shape index (κ3) is 2.50. The summed E-state index contributed by atoms with van der Waals surface area (Å²) in [6.45, 7) is 4.02. The predicted molar refractivity (Wildman–Crippen MR) is 72.2 cm³/mol. The number of ketones is 1. The first-order chi connectivity index (χ1) is 8.76. The SMILES string of the molecule is CCCc1nccn1-c1ccc(C(=O)CC)cc1. The summed E-state index contributed by atoms with van der Waals surface area (Å²) < 4.78 is 2.07. The Hall–Kier alpha value is -1.90. The summed E-state index contributed by atoms with van der Waals surface area (Å²) in [5.41, 5.74) is 1.84. The normalized spacial score (nSPS) is 10.6. The minimum atomic E-state index is 0.181. The first-order valence-electron chi connectivity index (χ1n) is 6.42. The lowest BCUT2D eigenvalue weighted by Gasteiger charge is -2.07. The maximum Gasteiger partial charge on any atom is 0.162 e. The quantitative estimate of drug-likeness (QED) is 0.753. The molecule has 0 atom stereocenters. The van der Waals surface area contributed by atoms with Crippen LogP contribution in [0.4, 0.5) is 0 Å². The first-order valence-corrected chi connectivity index (χ1v) is 6.42. The minimum Gasteiger partial charge on any atom is -0.304 e. The molecule has 2 aromatic rings. The van der Waals surface area contributed by atoms with Crippen LogP contribution in [0.5, 0.6) is 0 Å². The van der Waals surface area contributed by atoms with Crippen LogP contribution < -0.4 is 0 Å². The van der Waals surface area contributed by atoms with Gasteiger partial charge in [-0.3, -0.25) is 4.79 Å². The smallest absolute Gasteiger partial charge is 0.162 e. The topological polar surface area (TPSA) is 34.9 Å². The molecule has 0 spiro atoms. The van der Waals surface area contributed by atoms with Gasteiger partial charge >= 0.3 is 0 Å². The second-order valence-electron chi connectivity index (χ2n) is 4.29. The third-order valence-corrected chi connectivity index (χ3v) is 2.98. The van der Waals surface area contributed by atoms with E-state index in [2.05, 4.69) is 16.5 Å². The number of benzene rings is 1. The van der Waals surface area contributed by atoms with Crippen LogP contribution in [0.2, 0.25) is 0 Å². The standard InChI is InChI=1S/C15H18N2O/c1-3-5-15-16-10-11-17(15)13-8-6-12(7-9-13)14(18)4-2/h6-11H,3-5H2,1-2H3. The van der Waals surface area contributed by atoms with Crippen LogP contribution in [0, 0.1) is 0 Å². The van der Waals surface area contributed by atoms with Gasteiger partial charge in [-0.1, -0.05) is 13.8 Å². The summed E-state index contributed by atoms with van der Waals surface area (Å²) in [4.78, 5) is 15.9. The van der Waals surface area contributed by atoms with E-state index in [1.807, 2.05) is 43.6 Å². The molecule has 0 radical (unpaired) electrons. The number of aromatic nitrogens is 2. The fourth-order valence-corrected chi connectivity index (χ4v) is 1.99. The zero-order chi connectivity index (χ0) is 13.0. The van der Waals surface area contributed by atoms with Crippen molar-refractivity contribution in [3.8, 4) is 5.69 Å². The van der Waals surface area contributed by atoms with Crippen LogP contribution in [-0.4, -0.2) is 15.3 Å². The summed E-state index contributed by atoms with van der Waals surface area (Å²) in [7, 11) is 0. The van der Waals surface area contributed by atoms with Gasteiger partial charge < -0.3 is 4.57 Å². The Morgan fingerprint density at radius 1 is 1.22 bits per heavy atom. The van der Waals surface area contributed by atoms with Crippen molar-refractivity contribution in [3.05, 3.63) is 48.0 Å². The van der Waals surface area contributed by atoms with Gasteiger partial charge in [0.2, 0.25) is 0 Å². The van der Waals surface area contributed by atoms with Crippen LogP contribution in [0.25, 0.3) is 5.69 Å². The lowest BCUT2D eigenvalue weighted by Crippen LogP contribution is -2.01. The number of rotatable bonds is 5. The van der Waals surface area contributed by atoms with Crippen LogP contribution >= 0.6 is 0 Å². The number of carbonyl (C=O) groups is 1. The van der Waals surface area contributed by atoms with Crippen molar-refractivity contribution in [2.24, 2.45) is 0 Å². The lowest BCUT2D eigenvalue weighted by molar-refractivity contribution is 0.0988. The van der Waals surface area contributed by atoms with Gasteiger partial charge in [-0.25, -0.2) is 4.98 Å². The van der Waals surface area contributed by atoms with Gasteiger partial charge in [0.05, 0.1) is 0 Å². The van der Waals surface area contributed by atoms with Crippen LogP contribution in [0.3, 0.4) is 0 Å². The highest BCUT2D eigenvalue weighted by atomic mass is 16.1. The van der Waals surface area contributed by atoms with E-state index in [1.165, 1.54) is 0 Å². The Balaban J connectivity index is 2.28. The van der Waals surface area contributed by atoms with Gasteiger partial charge in [0.25, 0.3) is 0 Å². The molecule has 1 heterocycles. The van der Waals surface area contributed by atoms with Gasteiger partial charge in [-0.2, -0.15) is 0 Å². The van der Waals surface area contributed by atoms with E-state index in [0.29, 0.717) is 6.42 Å². The highest BCUT2D eigenvalue weighted by Crippen LogP contribution is 2.14. The highest BCUT2D eigenvalue weighted by molar-refractivity contribution is 5.95. The maximum absolute atomic E-state index is 11.6. The Morgan fingerprint density at radius 2 is 1.94 bits per heavy atom. The van der Waals surface area contributed by atoms with E-state index in [9.17, 15) is 4.79 Å². The van der Waals surface area contributed by atoms with Crippen molar-refractivity contribution in [2.45, 2.75) is 33.1 Å². The number of nitrogens with zero attached hydrogens (tertiary/aromatic N) is 2. The molecule has 0 fully saturated rings. The van der Waals surface area contributed by atoms with Crippen molar-refractivity contribution in [1.29, 1.82) is 0 Å². The van der Waals surface area contributed by atoms with Gasteiger partial charge in [0.1, 0.15) is 5.82 Å². The maximum atomic E-state index is 11.6. The molecular formula is C15H18N2O. The largest absolute Gasteiger partial charge is 0.304 e. The van der Waals surface area contributed by atoms with Gasteiger partial charge in [-0.05, 0) is 30.7 Å². The molecule has 0 bridgehead atoms. The number of Topliss-reactive ketones (excluding diaryl/α,β-unsaturated/α-hetero) is 1. The highest BCUT2D eigenvalue weighted by Gasteiger charge is 2.06. The molecule has 0 unspecified atom stereocenters. The van der Waals surface area contributed by atoms with Crippen LogP contribution in [0.15, 0.2) is 36.7 Å². The molecule has 0 amide bonds. The summed E-state index contributed by atoms with van der Waals surface area (Å²) in [6.07, 6.45) is 6.36. The molecule has 2 rings (SSSR count). The van der Waals surface area contributed by atoms with Gasteiger partial charge in [0, 0.05) is 36.5 Å². The number of carbonyl (C=O) groups excluding carboxylic acids is 1. The second kappa shape index (κ2) is 5.63. The molecule has 94 valence electrons. The second-order valence-corrected chi connectivity index (χ2v) is 4.29. The first kappa shape index (κ1) is 12.6. The molecular weight excluding hydrogens is 224 g/mol. The van der Waals surface area contributed by atoms with Crippen molar-refractivity contribution in [1.82, 2.24) is 9.55 Å². The Morgan fingerprint density at radius 3 is 2.56 bits per heavy atom. The van der Waals surface area contributed by atoms with Gasteiger partial charge in [0.15, 0.2) is 5.78 Å².